The summed E-state index contributed by atoms with van der Waals surface area (Å²) in [5.41, 5.74) is 1.80. The number of hydrogen-bond acceptors (Lipinski definition) is 9. The van der Waals surface area contributed by atoms with E-state index in [9.17, 15) is 14.4 Å². The van der Waals surface area contributed by atoms with Crippen molar-refractivity contribution >= 4 is 50.3 Å². The van der Waals surface area contributed by atoms with E-state index in [2.05, 4.69) is 15.6 Å². The molecule has 272 valence electrons. The van der Waals surface area contributed by atoms with Gasteiger partial charge in [-0.15, -0.1) is 0 Å². The third-order valence-corrected chi connectivity index (χ3v) is 10.4. The maximum atomic E-state index is 16.5. The Hall–Kier alpha value is -5.73. The summed E-state index contributed by atoms with van der Waals surface area (Å²) in [6.45, 7) is 4.46. The lowest BCUT2D eigenvalue weighted by Gasteiger charge is -2.30. The molecule has 0 unspecified atom stereocenters. The average Bonchev–Trinajstić information content (AvgIpc) is 3.94. The zero-order valence-electron chi connectivity index (χ0n) is 29.0. The summed E-state index contributed by atoms with van der Waals surface area (Å²) in [4.78, 5) is 48.2. The van der Waals surface area contributed by atoms with Gasteiger partial charge in [0.25, 0.3) is 5.91 Å². The molecule has 0 bridgehead atoms. The summed E-state index contributed by atoms with van der Waals surface area (Å²) >= 11 is 0. The molecule has 3 aromatic carbocycles. The molecule has 3 aromatic heterocycles. The lowest BCUT2D eigenvalue weighted by molar-refractivity contribution is -0.121. The minimum Gasteiger partial charge on any atom is -0.456 e. The van der Waals surface area contributed by atoms with Crippen molar-refractivity contribution in [1.82, 2.24) is 29.7 Å². The van der Waals surface area contributed by atoms with Gasteiger partial charge in [0.2, 0.25) is 11.3 Å². The highest BCUT2D eigenvalue weighted by atomic mass is 19.1. The smallest absolute Gasteiger partial charge is 0.259 e. The SMILES string of the molecule is O=C(CCNCCCn1ccnc1)N[C@@H]1CCN(c2c(F)cc3c(=O)c(C(=O)N4CCOCC4)cn4c3c2Oc2cc3c(cc2-4)oc2ccccc23)C1. The number of para-hydroxylation sites is 1. The second-order valence-electron chi connectivity index (χ2n) is 13.7. The number of fused-ring (bicyclic) bond motifs is 5. The number of aromatic nitrogens is 3. The van der Waals surface area contributed by atoms with E-state index in [1.807, 2.05) is 52.1 Å². The van der Waals surface area contributed by atoms with Crippen LogP contribution in [-0.2, 0) is 16.1 Å². The van der Waals surface area contributed by atoms with Crippen LogP contribution in [0.3, 0.4) is 0 Å². The average molecular weight is 720 g/mol. The third-order valence-electron chi connectivity index (χ3n) is 10.4. The van der Waals surface area contributed by atoms with Crippen LogP contribution in [0.4, 0.5) is 10.1 Å². The molecule has 6 heterocycles. The molecule has 0 radical (unpaired) electrons. The van der Waals surface area contributed by atoms with Crippen molar-refractivity contribution in [2.75, 3.05) is 57.4 Å². The fraction of sp³-hybridized carbons (Fsp3) is 0.333. The van der Waals surface area contributed by atoms with Crippen LogP contribution in [0.5, 0.6) is 11.5 Å². The van der Waals surface area contributed by atoms with Gasteiger partial charge in [-0.25, -0.2) is 9.37 Å². The van der Waals surface area contributed by atoms with E-state index >= 15 is 4.39 Å². The molecule has 0 spiro atoms. The van der Waals surface area contributed by atoms with Crippen LogP contribution >= 0.6 is 0 Å². The van der Waals surface area contributed by atoms with Crippen molar-refractivity contribution < 1.29 is 27.9 Å². The number of halogens is 1. The second-order valence-corrected chi connectivity index (χ2v) is 13.7. The zero-order chi connectivity index (χ0) is 36.1. The number of pyridine rings is 1. The molecule has 3 aliphatic heterocycles. The Labute approximate surface area is 302 Å². The Balaban J connectivity index is 1.02. The zero-order valence-corrected chi connectivity index (χ0v) is 29.0. The monoisotopic (exact) mass is 719 g/mol. The van der Waals surface area contributed by atoms with Gasteiger partial charge in [-0.2, -0.15) is 0 Å². The molecule has 13 nitrogen and oxygen atoms in total. The number of carbonyl (C=O) groups excluding carboxylic acids is 2. The second kappa shape index (κ2) is 13.7. The number of morpholine rings is 1. The first-order valence-corrected chi connectivity index (χ1v) is 18.1. The van der Waals surface area contributed by atoms with Crippen molar-refractivity contribution in [2.24, 2.45) is 0 Å². The van der Waals surface area contributed by atoms with Crippen LogP contribution in [0.15, 0.2) is 76.6 Å². The van der Waals surface area contributed by atoms with Gasteiger partial charge in [0.15, 0.2) is 17.3 Å². The minimum atomic E-state index is -0.641. The summed E-state index contributed by atoms with van der Waals surface area (Å²) < 4.78 is 38.5. The van der Waals surface area contributed by atoms with Gasteiger partial charge in [0.05, 0.1) is 30.6 Å². The summed E-state index contributed by atoms with van der Waals surface area (Å²) in [5.74, 6) is -0.534. The fourth-order valence-corrected chi connectivity index (χ4v) is 7.72. The molecule has 0 aliphatic carbocycles. The predicted molar refractivity (Wildman–Crippen MR) is 197 cm³/mol. The number of nitrogens with zero attached hydrogens (tertiary/aromatic N) is 5. The minimum absolute atomic E-state index is 0.0392. The first-order chi connectivity index (χ1) is 25.9. The molecule has 6 aromatic rings. The van der Waals surface area contributed by atoms with E-state index < -0.39 is 17.2 Å². The van der Waals surface area contributed by atoms with Crippen molar-refractivity contribution in [1.29, 1.82) is 0 Å². The highest BCUT2D eigenvalue weighted by Gasteiger charge is 2.35. The fourth-order valence-electron chi connectivity index (χ4n) is 7.72. The molecule has 2 saturated heterocycles. The maximum Gasteiger partial charge on any atom is 0.259 e. The molecule has 3 aliphatic rings. The van der Waals surface area contributed by atoms with Gasteiger partial charge in [-0.1, -0.05) is 18.2 Å². The van der Waals surface area contributed by atoms with Crippen molar-refractivity contribution in [3.8, 4) is 17.2 Å². The number of amides is 2. The van der Waals surface area contributed by atoms with Gasteiger partial charge < -0.3 is 43.5 Å². The Bertz CT molecular complexity index is 2430. The number of nitrogens with one attached hydrogen (secondary N) is 2. The van der Waals surface area contributed by atoms with E-state index in [4.69, 9.17) is 13.9 Å². The number of hydrogen-bond donors (Lipinski definition) is 2. The number of imidazole rings is 1. The standard InChI is InChI=1S/C39H38FN7O6/c40-29-18-27-35-38(36(29)46-12-7-24(21-46)43-34(48)6-9-41-8-3-11-44-13-10-42-23-44)53-33-19-26-25-4-1-2-5-31(25)52-32(26)20-30(33)47(35)22-28(37(27)49)39(50)45-14-16-51-17-15-45/h1-2,4-5,10,13,18-20,22-24,41H,3,6-9,11-12,14-17,21H2,(H,43,48)/t24-/m1/s1. The van der Waals surface area contributed by atoms with Gasteiger partial charge >= 0.3 is 0 Å². The predicted octanol–water partition coefficient (Wildman–Crippen LogP) is 4.57. The first-order valence-electron chi connectivity index (χ1n) is 18.1. The molecular weight excluding hydrogens is 681 g/mol. The molecule has 2 fully saturated rings. The normalized spacial score (nSPS) is 16.7. The summed E-state index contributed by atoms with van der Waals surface area (Å²) in [6.07, 6.45) is 8.86. The molecule has 0 saturated carbocycles. The van der Waals surface area contributed by atoms with Crippen LogP contribution < -0.4 is 25.7 Å². The molecule has 14 heteroatoms. The van der Waals surface area contributed by atoms with E-state index in [1.165, 1.54) is 6.07 Å². The van der Waals surface area contributed by atoms with Crippen LogP contribution in [0, 0.1) is 5.82 Å². The third kappa shape index (κ3) is 6.07. The van der Waals surface area contributed by atoms with E-state index in [-0.39, 0.29) is 34.3 Å². The Kier molecular flexibility index (Phi) is 8.55. The molecule has 9 rings (SSSR count). The highest BCUT2D eigenvalue weighted by Crippen LogP contribution is 2.49. The Morgan fingerprint density at radius 3 is 2.72 bits per heavy atom. The lowest BCUT2D eigenvalue weighted by Crippen LogP contribution is -2.42. The molecule has 2 N–H and O–H groups in total. The summed E-state index contributed by atoms with van der Waals surface area (Å²) in [7, 11) is 0. The van der Waals surface area contributed by atoms with E-state index in [0.717, 1.165) is 30.3 Å². The largest absolute Gasteiger partial charge is 0.456 e. The van der Waals surface area contributed by atoms with Crippen LogP contribution in [0.2, 0.25) is 0 Å². The van der Waals surface area contributed by atoms with Crippen LogP contribution in [-0.4, -0.2) is 89.4 Å². The topological polar surface area (TPSA) is 136 Å². The van der Waals surface area contributed by atoms with E-state index in [0.29, 0.717) is 86.9 Å². The number of aryl methyl sites for hydroxylation is 1. The highest BCUT2D eigenvalue weighted by molar-refractivity contribution is 6.07. The van der Waals surface area contributed by atoms with Gasteiger partial charge in [-0.3, -0.25) is 14.4 Å². The summed E-state index contributed by atoms with van der Waals surface area (Å²) in [5, 5.41) is 8.18. The lowest BCUT2D eigenvalue weighted by atomic mass is 10.0. The van der Waals surface area contributed by atoms with Gasteiger partial charge in [0, 0.05) is 87.2 Å². The number of benzene rings is 3. The van der Waals surface area contributed by atoms with Gasteiger partial charge in [-0.05, 0) is 37.6 Å². The number of furan rings is 1. The number of rotatable bonds is 10. The molecule has 53 heavy (non-hydrogen) atoms. The number of carbonyl (C=O) groups is 2. The number of anilines is 1. The number of ether oxygens (including phenoxy) is 2. The first kappa shape index (κ1) is 33.1. The van der Waals surface area contributed by atoms with Crippen LogP contribution in [0.25, 0.3) is 38.5 Å². The quantitative estimate of drug-likeness (QED) is 0.195. The summed E-state index contributed by atoms with van der Waals surface area (Å²) in [6, 6.07) is 12.4. The van der Waals surface area contributed by atoms with Gasteiger partial charge in [0.1, 0.15) is 27.9 Å². The van der Waals surface area contributed by atoms with Crippen molar-refractivity contribution in [3.63, 3.8) is 0 Å². The van der Waals surface area contributed by atoms with Crippen molar-refractivity contribution in [2.45, 2.75) is 31.8 Å². The molecule has 2 amide bonds. The maximum absolute atomic E-state index is 16.5. The molecular formula is C39H38FN7O6. The van der Waals surface area contributed by atoms with Crippen molar-refractivity contribution in [3.05, 3.63) is 89.0 Å². The molecule has 1 atom stereocenters. The van der Waals surface area contributed by atoms with E-state index in [1.54, 1.807) is 28.2 Å². The Morgan fingerprint density at radius 1 is 1.00 bits per heavy atom. The Morgan fingerprint density at radius 2 is 1.87 bits per heavy atom. The van der Waals surface area contributed by atoms with Crippen LogP contribution in [0.1, 0.15) is 29.6 Å².